The summed E-state index contributed by atoms with van der Waals surface area (Å²) in [6.45, 7) is 0.736. The summed E-state index contributed by atoms with van der Waals surface area (Å²) in [5, 5.41) is 10.6. The molecule has 0 saturated carbocycles. The molecule has 2 aliphatic rings. The monoisotopic (exact) mass is 272 g/mol. The number of aliphatic hydroxyl groups is 1. The van der Waals surface area contributed by atoms with Crippen molar-refractivity contribution in [2.45, 2.75) is 31.8 Å². The highest BCUT2D eigenvalue weighted by atomic mass is 32.1. The van der Waals surface area contributed by atoms with Gasteiger partial charge in [-0.2, -0.15) is 0 Å². The van der Waals surface area contributed by atoms with E-state index in [-0.39, 0.29) is 0 Å². The minimum Gasteiger partial charge on any atom is -0.493 e. The number of fused-ring (bicyclic) bond motifs is 2. The topological polar surface area (TPSA) is 29.5 Å². The molecule has 1 atom stereocenters. The molecule has 2 heterocycles. The zero-order chi connectivity index (χ0) is 12.8. The van der Waals surface area contributed by atoms with Crippen molar-refractivity contribution in [3.05, 3.63) is 50.7 Å². The first-order valence-corrected chi connectivity index (χ1v) is 7.69. The van der Waals surface area contributed by atoms with Crippen molar-refractivity contribution in [2.24, 2.45) is 0 Å². The van der Waals surface area contributed by atoms with Crippen LogP contribution in [0.25, 0.3) is 0 Å². The Morgan fingerprint density at radius 3 is 3.00 bits per heavy atom. The number of ether oxygens (including phenoxy) is 1. The van der Waals surface area contributed by atoms with Crippen LogP contribution >= 0.6 is 11.3 Å². The fraction of sp³-hybridized carbons (Fsp3) is 0.375. The van der Waals surface area contributed by atoms with E-state index in [2.05, 4.69) is 12.1 Å². The number of thiophene rings is 1. The molecule has 0 fully saturated rings. The Balaban J connectivity index is 1.73. The van der Waals surface area contributed by atoms with E-state index in [1.54, 1.807) is 11.3 Å². The molecule has 2 nitrogen and oxygen atoms in total. The number of hydrogen-bond acceptors (Lipinski definition) is 3. The van der Waals surface area contributed by atoms with Gasteiger partial charge in [-0.15, -0.1) is 11.3 Å². The third-order valence-electron chi connectivity index (χ3n) is 4.07. The van der Waals surface area contributed by atoms with Crippen LogP contribution in [-0.4, -0.2) is 11.7 Å². The SMILES string of the molecule is OC(c1cc2c(s1)CCC2)c1cccc2c1OCC2. The van der Waals surface area contributed by atoms with Gasteiger partial charge in [0.25, 0.3) is 0 Å². The third kappa shape index (κ3) is 1.80. The third-order valence-corrected chi connectivity index (χ3v) is 5.36. The largest absolute Gasteiger partial charge is 0.493 e. The van der Waals surface area contributed by atoms with E-state index in [1.807, 2.05) is 12.1 Å². The molecule has 1 aromatic heterocycles. The lowest BCUT2D eigenvalue weighted by molar-refractivity contribution is 0.217. The van der Waals surface area contributed by atoms with E-state index in [9.17, 15) is 5.11 Å². The fourth-order valence-corrected chi connectivity index (χ4v) is 4.36. The zero-order valence-corrected chi connectivity index (χ0v) is 11.5. The lowest BCUT2D eigenvalue weighted by Gasteiger charge is -2.13. The predicted molar refractivity (Wildman–Crippen MR) is 76.0 cm³/mol. The Labute approximate surface area is 116 Å². The van der Waals surface area contributed by atoms with E-state index in [0.29, 0.717) is 0 Å². The van der Waals surface area contributed by atoms with Crippen LogP contribution in [0.5, 0.6) is 5.75 Å². The molecule has 1 N–H and O–H groups in total. The van der Waals surface area contributed by atoms with Crippen molar-refractivity contribution < 1.29 is 9.84 Å². The summed E-state index contributed by atoms with van der Waals surface area (Å²) in [5.41, 5.74) is 3.59. The average molecular weight is 272 g/mol. The number of hydrogen-bond donors (Lipinski definition) is 1. The molecule has 1 aliphatic heterocycles. The van der Waals surface area contributed by atoms with Crippen LogP contribution in [0.15, 0.2) is 24.3 Å². The van der Waals surface area contributed by atoms with Gasteiger partial charge in [0.05, 0.1) is 6.61 Å². The smallest absolute Gasteiger partial charge is 0.128 e. The molecule has 1 aromatic carbocycles. The van der Waals surface area contributed by atoms with Crippen molar-refractivity contribution in [1.82, 2.24) is 0 Å². The minimum atomic E-state index is -0.538. The first-order chi connectivity index (χ1) is 9.33. The molecule has 3 heteroatoms. The Kier molecular flexibility index (Phi) is 2.64. The summed E-state index contributed by atoms with van der Waals surface area (Å²) in [5.74, 6) is 0.906. The molecule has 4 rings (SSSR count). The van der Waals surface area contributed by atoms with Crippen molar-refractivity contribution in [3.8, 4) is 5.75 Å². The molecular weight excluding hydrogens is 256 g/mol. The summed E-state index contributed by atoms with van der Waals surface area (Å²) in [6, 6.07) is 8.28. The summed E-state index contributed by atoms with van der Waals surface area (Å²) >= 11 is 1.76. The zero-order valence-electron chi connectivity index (χ0n) is 10.7. The number of para-hydroxylation sites is 1. The molecule has 98 valence electrons. The quantitative estimate of drug-likeness (QED) is 0.909. The Morgan fingerprint density at radius 1 is 1.16 bits per heavy atom. The lowest BCUT2D eigenvalue weighted by Crippen LogP contribution is -2.00. The van der Waals surface area contributed by atoms with Crippen LogP contribution in [0, 0.1) is 0 Å². The molecule has 0 amide bonds. The molecule has 0 bridgehead atoms. The second kappa shape index (κ2) is 4.36. The highest BCUT2D eigenvalue weighted by Crippen LogP contribution is 2.40. The second-order valence-electron chi connectivity index (χ2n) is 5.29. The molecule has 1 unspecified atom stereocenters. The van der Waals surface area contributed by atoms with Gasteiger partial charge in [0.15, 0.2) is 0 Å². The van der Waals surface area contributed by atoms with Gasteiger partial charge in [0.2, 0.25) is 0 Å². The van der Waals surface area contributed by atoms with Gasteiger partial charge in [-0.05, 0) is 36.5 Å². The highest BCUT2D eigenvalue weighted by Gasteiger charge is 2.25. The van der Waals surface area contributed by atoms with Crippen LogP contribution < -0.4 is 4.74 Å². The molecular formula is C16H16O2S. The van der Waals surface area contributed by atoms with Crippen molar-refractivity contribution in [3.63, 3.8) is 0 Å². The minimum absolute atomic E-state index is 0.538. The first-order valence-electron chi connectivity index (χ1n) is 6.87. The average Bonchev–Trinajstić information content (AvgIpc) is 3.11. The van der Waals surface area contributed by atoms with Crippen LogP contribution in [0.2, 0.25) is 0 Å². The Hall–Kier alpha value is -1.32. The number of aryl methyl sites for hydroxylation is 2. The molecule has 2 aromatic rings. The number of benzene rings is 1. The highest BCUT2D eigenvalue weighted by molar-refractivity contribution is 7.12. The summed E-state index contributed by atoms with van der Waals surface area (Å²) in [7, 11) is 0. The molecule has 0 saturated heterocycles. The van der Waals surface area contributed by atoms with Crippen molar-refractivity contribution >= 4 is 11.3 Å². The maximum atomic E-state index is 10.6. The van der Waals surface area contributed by atoms with Gasteiger partial charge in [-0.3, -0.25) is 0 Å². The molecule has 0 spiro atoms. The van der Waals surface area contributed by atoms with Gasteiger partial charge < -0.3 is 9.84 Å². The van der Waals surface area contributed by atoms with Gasteiger partial charge in [-0.25, -0.2) is 0 Å². The van der Waals surface area contributed by atoms with Crippen LogP contribution in [-0.2, 0) is 19.3 Å². The van der Waals surface area contributed by atoms with E-state index in [4.69, 9.17) is 4.74 Å². The summed E-state index contributed by atoms with van der Waals surface area (Å²) in [6.07, 6.45) is 4.03. The Bertz CT molecular complexity index is 608. The predicted octanol–water partition coefficient (Wildman–Crippen LogP) is 3.25. The molecule has 19 heavy (non-hydrogen) atoms. The van der Waals surface area contributed by atoms with Crippen LogP contribution in [0.3, 0.4) is 0 Å². The molecule has 0 radical (unpaired) electrons. The standard InChI is InChI=1S/C16H16O2S/c17-15(14-9-11-4-2-6-13(11)19-14)12-5-1-3-10-7-8-18-16(10)12/h1,3,5,9,15,17H,2,4,6-8H2. The van der Waals surface area contributed by atoms with E-state index >= 15 is 0 Å². The second-order valence-corrected chi connectivity index (χ2v) is 6.46. The van der Waals surface area contributed by atoms with Crippen molar-refractivity contribution in [1.29, 1.82) is 0 Å². The molecule has 1 aliphatic carbocycles. The van der Waals surface area contributed by atoms with Crippen molar-refractivity contribution in [2.75, 3.05) is 6.61 Å². The maximum Gasteiger partial charge on any atom is 0.128 e. The summed E-state index contributed by atoms with van der Waals surface area (Å²) in [4.78, 5) is 2.52. The van der Waals surface area contributed by atoms with Gasteiger partial charge in [0, 0.05) is 21.7 Å². The van der Waals surface area contributed by atoms with Gasteiger partial charge in [-0.1, -0.05) is 18.2 Å². The first kappa shape index (κ1) is 11.5. The fourth-order valence-electron chi connectivity index (χ4n) is 3.10. The summed E-state index contributed by atoms with van der Waals surface area (Å²) < 4.78 is 5.69. The normalized spacial score (nSPS) is 17.9. The van der Waals surface area contributed by atoms with Crippen LogP contribution in [0.4, 0.5) is 0 Å². The Morgan fingerprint density at radius 2 is 2.11 bits per heavy atom. The van der Waals surface area contributed by atoms with Gasteiger partial charge in [0.1, 0.15) is 11.9 Å². The van der Waals surface area contributed by atoms with E-state index < -0.39 is 6.10 Å². The van der Waals surface area contributed by atoms with Crippen LogP contribution in [0.1, 0.15) is 39.0 Å². The van der Waals surface area contributed by atoms with E-state index in [0.717, 1.165) is 29.2 Å². The van der Waals surface area contributed by atoms with E-state index in [1.165, 1.54) is 35.3 Å². The maximum absolute atomic E-state index is 10.6. The van der Waals surface area contributed by atoms with Gasteiger partial charge >= 0.3 is 0 Å². The lowest BCUT2D eigenvalue weighted by atomic mass is 10.0. The number of rotatable bonds is 2. The number of aliphatic hydroxyl groups excluding tert-OH is 1.